The molecule has 2 aromatic carbocycles. The van der Waals surface area contributed by atoms with Crippen LogP contribution in [0.25, 0.3) is 0 Å². The van der Waals surface area contributed by atoms with Crippen LogP contribution in [-0.4, -0.2) is 25.1 Å². The van der Waals surface area contributed by atoms with Crippen molar-refractivity contribution in [3.63, 3.8) is 0 Å². The SMILES string of the molecule is CC(=O)N[C@@H](C)c1ccc(OC2CCN(c3cccc(Cl)c3)C2)cc1. The Morgan fingerprint density at radius 2 is 2.04 bits per heavy atom. The van der Waals surface area contributed by atoms with E-state index in [0.29, 0.717) is 0 Å². The fourth-order valence-corrected chi connectivity index (χ4v) is 3.33. The molecule has 2 aromatic rings. The van der Waals surface area contributed by atoms with Crippen LogP contribution < -0.4 is 15.0 Å². The lowest BCUT2D eigenvalue weighted by Crippen LogP contribution is -2.24. The predicted octanol–water partition coefficient (Wildman–Crippen LogP) is 4.19. The van der Waals surface area contributed by atoms with Gasteiger partial charge in [-0.2, -0.15) is 0 Å². The van der Waals surface area contributed by atoms with Crippen molar-refractivity contribution in [2.24, 2.45) is 0 Å². The van der Waals surface area contributed by atoms with Gasteiger partial charge in [-0.3, -0.25) is 4.79 Å². The molecule has 1 aliphatic heterocycles. The van der Waals surface area contributed by atoms with Gasteiger partial charge in [0.2, 0.25) is 5.91 Å². The largest absolute Gasteiger partial charge is 0.489 e. The number of anilines is 1. The Morgan fingerprint density at radius 3 is 2.72 bits per heavy atom. The number of nitrogens with one attached hydrogen (secondary N) is 1. The van der Waals surface area contributed by atoms with Crippen LogP contribution in [0.2, 0.25) is 5.02 Å². The monoisotopic (exact) mass is 358 g/mol. The smallest absolute Gasteiger partial charge is 0.217 e. The van der Waals surface area contributed by atoms with Crippen molar-refractivity contribution < 1.29 is 9.53 Å². The van der Waals surface area contributed by atoms with E-state index in [-0.39, 0.29) is 18.1 Å². The molecule has 1 heterocycles. The first-order chi connectivity index (χ1) is 12.0. The fraction of sp³-hybridized carbons (Fsp3) is 0.350. The topological polar surface area (TPSA) is 41.6 Å². The summed E-state index contributed by atoms with van der Waals surface area (Å²) in [6.07, 6.45) is 1.15. The zero-order valence-corrected chi connectivity index (χ0v) is 15.3. The number of carbonyl (C=O) groups is 1. The molecule has 0 radical (unpaired) electrons. The minimum absolute atomic E-state index is 0.00338. The molecule has 0 saturated carbocycles. The molecule has 25 heavy (non-hydrogen) atoms. The van der Waals surface area contributed by atoms with Crippen molar-refractivity contribution in [2.75, 3.05) is 18.0 Å². The number of nitrogens with zero attached hydrogens (tertiary/aromatic N) is 1. The van der Waals surface area contributed by atoms with Gasteiger partial charge in [0.25, 0.3) is 0 Å². The van der Waals surface area contributed by atoms with Crippen molar-refractivity contribution in [1.29, 1.82) is 0 Å². The summed E-state index contributed by atoms with van der Waals surface area (Å²) in [6, 6.07) is 15.9. The average Bonchev–Trinajstić information content (AvgIpc) is 3.03. The summed E-state index contributed by atoms with van der Waals surface area (Å²) in [7, 11) is 0. The molecule has 1 unspecified atom stereocenters. The van der Waals surface area contributed by atoms with E-state index < -0.39 is 0 Å². The number of hydrogen-bond acceptors (Lipinski definition) is 3. The van der Waals surface area contributed by atoms with E-state index in [9.17, 15) is 4.79 Å². The van der Waals surface area contributed by atoms with Crippen molar-refractivity contribution in [3.8, 4) is 5.75 Å². The lowest BCUT2D eigenvalue weighted by atomic mass is 10.1. The van der Waals surface area contributed by atoms with Gasteiger partial charge in [-0.25, -0.2) is 0 Å². The Bertz CT molecular complexity index is 733. The number of halogens is 1. The first kappa shape index (κ1) is 17.6. The Labute approximate surface area is 153 Å². The fourth-order valence-electron chi connectivity index (χ4n) is 3.15. The molecule has 1 fully saturated rings. The second-order valence-electron chi connectivity index (χ2n) is 6.45. The molecular formula is C20H23ClN2O2. The lowest BCUT2D eigenvalue weighted by molar-refractivity contribution is -0.119. The summed E-state index contributed by atoms with van der Waals surface area (Å²) < 4.78 is 6.11. The maximum atomic E-state index is 11.1. The van der Waals surface area contributed by atoms with E-state index in [4.69, 9.17) is 16.3 Å². The van der Waals surface area contributed by atoms with E-state index in [1.807, 2.05) is 49.4 Å². The Balaban J connectivity index is 1.57. The molecule has 1 saturated heterocycles. The summed E-state index contributed by atoms with van der Waals surface area (Å²) in [6.45, 7) is 5.31. The van der Waals surface area contributed by atoms with Gasteiger partial charge in [0.05, 0.1) is 12.6 Å². The molecule has 3 rings (SSSR count). The van der Waals surface area contributed by atoms with E-state index in [1.165, 1.54) is 6.92 Å². The highest BCUT2D eigenvalue weighted by Crippen LogP contribution is 2.26. The van der Waals surface area contributed by atoms with Crippen molar-refractivity contribution >= 4 is 23.2 Å². The molecule has 5 heteroatoms. The molecule has 1 amide bonds. The highest BCUT2D eigenvalue weighted by atomic mass is 35.5. The van der Waals surface area contributed by atoms with E-state index in [1.54, 1.807) is 0 Å². The van der Waals surface area contributed by atoms with E-state index >= 15 is 0 Å². The minimum atomic E-state index is -0.0279. The molecule has 132 valence electrons. The molecule has 0 aliphatic carbocycles. The van der Waals surface area contributed by atoms with Crippen LogP contribution in [0.4, 0.5) is 5.69 Å². The first-order valence-corrected chi connectivity index (χ1v) is 8.93. The van der Waals surface area contributed by atoms with Crippen LogP contribution in [0, 0.1) is 0 Å². The first-order valence-electron chi connectivity index (χ1n) is 8.55. The Kier molecular flexibility index (Phi) is 5.49. The summed E-state index contributed by atoms with van der Waals surface area (Å²) in [5.74, 6) is 0.830. The van der Waals surface area contributed by atoms with Gasteiger partial charge in [-0.15, -0.1) is 0 Å². The van der Waals surface area contributed by atoms with Crippen LogP contribution >= 0.6 is 11.6 Å². The van der Waals surface area contributed by atoms with Crippen molar-refractivity contribution in [2.45, 2.75) is 32.4 Å². The average molecular weight is 359 g/mol. The molecule has 0 spiro atoms. The van der Waals surface area contributed by atoms with Gasteiger partial charge in [0, 0.05) is 30.6 Å². The van der Waals surface area contributed by atoms with Gasteiger partial charge < -0.3 is 15.0 Å². The van der Waals surface area contributed by atoms with Gasteiger partial charge >= 0.3 is 0 Å². The minimum Gasteiger partial charge on any atom is -0.489 e. The Hall–Kier alpha value is -2.20. The van der Waals surface area contributed by atoms with Crippen LogP contribution in [0.1, 0.15) is 31.9 Å². The summed E-state index contributed by atoms with van der Waals surface area (Å²) in [4.78, 5) is 13.4. The van der Waals surface area contributed by atoms with Gasteiger partial charge in [-0.05, 0) is 42.8 Å². The third-order valence-electron chi connectivity index (χ3n) is 4.42. The number of ether oxygens (including phenoxy) is 1. The number of hydrogen-bond donors (Lipinski definition) is 1. The molecular weight excluding hydrogens is 336 g/mol. The molecule has 0 bridgehead atoms. The number of benzene rings is 2. The summed E-state index contributed by atoms with van der Waals surface area (Å²) in [5, 5.41) is 3.64. The third-order valence-corrected chi connectivity index (χ3v) is 4.66. The zero-order valence-electron chi connectivity index (χ0n) is 14.5. The van der Waals surface area contributed by atoms with Crippen LogP contribution in [0.5, 0.6) is 5.75 Å². The normalized spacial score (nSPS) is 18.0. The Morgan fingerprint density at radius 1 is 1.28 bits per heavy atom. The van der Waals surface area contributed by atoms with Gasteiger partial charge in [0.1, 0.15) is 11.9 Å². The van der Waals surface area contributed by atoms with Crippen molar-refractivity contribution in [1.82, 2.24) is 5.32 Å². The number of rotatable bonds is 5. The van der Waals surface area contributed by atoms with E-state index in [2.05, 4.69) is 16.3 Å². The predicted molar refractivity (Wildman–Crippen MR) is 101 cm³/mol. The van der Waals surface area contributed by atoms with Gasteiger partial charge in [0.15, 0.2) is 0 Å². The maximum absolute atomic E-state index is 11.1. The second kappa shape index (κ2) is 7.79. The summed E-state index contributed by atoms with van der Waals surface area (Å²) in [5.41, 5.74) is 2.20. The van der Waals surface area contributed by atoms with Crippen LogP contribution in [-0.2, 0) is 4.79 Å². The van der Waals surface area contributed by atoms with E-state index in [0.717, 1.165) is 41.5 Å². The molecule has 1 aliphatic rings. The van der Waals surface area contributed by atoms with Crippen LogP contribution in [0.3, 0.4) is 0 Å². The van der Waals surface area contributed by atoms with Crippen molar-refractivity contribution in [3.05, 3.63) is 59.1 Å². The molecule has 1 N–H and O–H groups in total. The molecule has 0 aromatic heterocycles. The highest BCUT2D eigenvalue weighted by molar-refractivity contribution is 6.30. The second-order valence-corrected chi connectivity index (χ2v) is 6.88. The molecule has 4 nitrogen and oxygen atoms in total. The molecule has 2 atom stereocenters. The van der Waals surface area contributed by atoms with Gasteiger partial charge in [-0.1, -0.05) is 29.8 Å². The maximum Gasteiger partial charge on any atom is 0.217 e. The summed E-state index contributed by atoms with van der Waals surface area (Å²) >= 11 is 6.08. The highest BCUT2D eigenvalue weighted by Gasteiger charge is 2.24. The quantitative estimate of drug-likeness (QED) is 0.871. The zero-order chi connectivity index (χ0) is 17.8. The lowest BCUT2D eigenvalue weighted by Gasteiger charge is -2.19. The number of carbonyl (C=O) groups excluding carboxylic acids is 1. The van der Waals surface area contributed by atoms with Crippen LogP contribution in [0.15, 0.2) is 48.5 Å². The number of amides is 1. The third kappa shape index (κ3) is 4.67. The standard InChI is InChI=1S/C20H23ClN2O2/c1-14(22-15(2)24)16-6-8-19(9-7-16)25-20-10-11-23(13-20)18-5-3-4-17(21)12-18/h3-9,12,14,20H,10-11,13H2,1-2H3,(H,22,24)/t14-,20?/m0/s1.